The van der Waals surface area contributed by atoms with Crippen LogP contribution in [0.3, 0.4) is 0 Å². The van der Waals surface area contributed by atoms with E-state index in [2.05, 4.69) is 21.7 Å². The van der Waals surface area contributed by atoms with Gasteiger partial charge in [-0.15, -0.1) is 0 Å². The van der Waals surface area contributed by atoms with Crippen LogP contribution >= 0.6 is 23.2 Å². The molecule has 0 aliphatic carbocycles. The van der Waals surface area contributed by atoms with Crippen molar-refractivity contribution in [3.05, 3.63) is 57.2 Å². The lowest BCUT2D eigenvalue weighted by atomic mass is 10.1. The molecule has 0 atom stereocenters. The number of hydrogen-bond acceptors (Lipinski definition) is 3. The maximum Gasteiger partial charge on any atom is 0.220 e. The number of fused-ring (bicyclic) bond motifs is 1. The molecule has 0 radical (unpaired) electrons. The minimum Gasteiger partial charge on any atom is -0.370 e. The summed E-state index contributed by atoms with van der Waals surface area (Å²) in [4.78, 5) is 16.6. The molecule has 1 aliphatic heterocycles. The number of nitrogens with zero attached hydrogens (tertiary/aromatic N) is 1. The lowest BCUT2D eigenvalue weighted by Crippen LogP contribution is -2.23. The van der Waals surface area contributed by atoms with Gasteiger partial charge in [-0.1, -0.05) is 35.3 Å². The zero-order valence-electron chi connectivity index (χ0n) is 13.2. The minimum atomic E-state index is -0.00597. The molecule has 2 heterocycles. The van der Waals surface area contributed by atoms with Gasteiger partial charge in [0, 0.05) is 25.2 Å². The van der Waals surface area contributed by atoms with E-state index in [1.165, 1.54) is 5.56 Å². The van der Waals surface area contributed by atoms with Crippen molar-refractivity contribution in [2.24, 2.45) is 0 Å². The quantitative estimate of drug-likeness (QED) is 0.843. The van der Waals surface area contributed by atoms with E-state index in [1.54, 1.807) is 12.1 Å². The number of aromatic nitrogens is 1. The van der Waals surface area contributed by atoms with E-state index in [0.717, 1.165) is 36.5 Å². The molecule has 3 rings (SSSR count). The van der Waals surface area contributed by atoms with Crippen LogP contribution in [-0.2, 0) is 24.2 Å². The molecule has 2 aromatic rings. The second kappa shape index (κ2) is 7.86. The Kier molecular flexibility index (Phi) is 5.59. The zero-order valence-corrected chi connectivity index (χ0v) is 14.8. The van der Waals surface area contributed by atoms with Crippen molar-refractivity contribution in [1.82, 2.24) is 10.3 Å². The van der Waals surface area contributed by atoms with E-state index >= 15 is 0 Å². The van der Waals surface area contributed by atoms with Crippen molar-refractivity contribution >= 4 is 34.9 Å². The number of amides is 1. The highest BCUT2D eigenvalue weighted by molar-refractivity contribution is 6.42. The summed E-state index contributed by atoms with van der Waals surface area (Å²) in [6.45, 7) is 1.41. The van der Waals surface area contributed by atoms with Crippen LogP contribution in [0.2, 0.25) is 10.0 Å². The Hall–Kier alpha value is -1.78. The second-order valence-electron chi connectivity index (χ2n) is 5.87. The third-order valence-electron chi connectivity index (χ3n) is 4.03. The highest BCUT2D eigenvalue weighted by Gasteiger charge is 2.11. The molecule has 1 amide bonds. The Labute approximate surface area is 151 Å². The summed E-state index contributed by atoms with van der Waals surface area (Å²) >= 11 is 11.8. The molecule has 0 fully saturated rings. The summed E-state index contributed by atoms with van der Waals surface area (Å²) in [7, 11) is 0. The van der Waals surface area contributed by atoms with E-state index in [-0.39, 0.29) is 5.91 Å². The first-order valence-corrected chi connectivity index (χ1v) is 8.81. The smallest absolute Gasteiger partial charge is 0.220 e. The van der Waals surface area contributed by atoms with Crippen molar-refractivity contribution < 1.29 is 4.79 Å². The van der Waals surface area contributed by atoms with Crippen molar-refractivity contribution in [2.75, 3.05) is 11.9 Å². The number of hydrogen-bond donors (Lipinski definition) is 2. The van der Waals surface area contributed by atoms with Gasteiger partial charge in [-0.05, 0) is 48.6 Å². The van der Waals surface area contributed by atoms with Crippen LogP contribution in [0.15, 0.2) is 30.3 Å². The molecule has 1 aromatic heterocycles. The molecule has 6 heteroatoms. The number of nitrogens with one attached hydrogen (secondary N) is 2. The van der Waals surface area contributed by atoms with Crippen LogP contribution in [0.5, 0.6) is 0 Å². The lowest BCUT2D eigenvalue weighted by Gasteiger charge is -2.17. The molecule has 24 heavy (non-hydrogen) atoms. The Morgan fingerprint density at radius 1 is 1.21 bits per heavy atom. The van der Waals surface area contributed by atoms with Crippen LogP contribution in [-0.4, -0.2) is 17.4 Å². The standard InChI is InChI=1S/C18H19Cl2N3O/c19-15-7-3-12(10-16(15)20)11-22-17(24)8-6-14-5-4-13-2-1-9-21-18(13)23-14/h3-5,7,10H,1-2,6,8-9,11H2,(H,21,23)(H,22,24). The fourth-order valence-electron chi connectivity index (χ4n) is 2.69. The van der Waals surface area contributed by atoms with Crippen molar-refractivity contribution in [3.63, 3.8) is 0 Å². The zero-order chi connectivity index (χ0) is 16.9. The maximum atomic E-state index is 12.0. The summed E-state index contributed by atoms with van der Waals surface area (Å²) in [6, 6.07) is 9.47. The molecule has 0 spiro atoms. The average molecular weight is 364 g/mol. The van der Waals surface area contributed by atoms with Gasteiger partial charge in [0.25, 0.3) is 0 Å². The van der Waals surface area contributed by atoms with Crippen molar-refractivity contribution in [2.45, 2.75) is 32.2 Å². The summed E-state index contributed by atoms with van der Waals surface area (Å²) in [6.07, 6.45) is 3.25. The molecule has 1 aliphatic rings. The van der Waals surface area contributed by atoms with Crippen molar-refractivity contribution in [1.29, 1.82) is 0 Å². The topological polar surface area (TPSA) is 54.0 Å². The molecule has 4 nitrogen and oxygen atoms in total. The molecular formula is C18H19Cl2N3O. The fraction of sp³-hybridized carbons (Fsp3) is 0.333. The van der Waals surface area contributed by atoms with Gasteiger partial charge in [0.05, 0.1) is 10.0 Å². The third kappa shape index (κ3) is 4.40. The molecule has 0 unspecified atom stereocenters. The first-order chi connectivity index (χ1) is 11.6. The van der Waals surface area contributed by atoms with E-state index in [1.807, 2.05) is 12.1 Å². The molecular weight excluding hydrogens is 345 g/mol. The molecule has 0 saturated carbocycles. The largest absolute Gasteiger partial charge is 0.370 e. The summed E-state index contributed by atoms with van der Waals surface area (Å²) in [5, 5.41) is 7.21. The Morgan fingerprint density at radius 2 is 2.08 bits per heavy atom. The summed E-state index contributed by atoms with van der Waals surface area (Å²) < 4.78 is 0. The average Bonchev–Trinajstić information content (AvgIpc) is 2.60. The highest BCUT2D eigenvalue weighted by atomic mass is 35.5. The number of benzene rings is 1. The van der Waals surface area contributed by atoms with Crippen LogP contribution in [0.1, 0.15) is 29.7 Å². The number of aryl methyl sites for hydroxylation is 2. The van der Waals surface area contributed by atoms with Crippen LogP contribution in [0.25, 0.3) is 0 Å². The third-order valence-corrected chi connectivity index (χ3v) is 4.77. The van der Waals surface area contributed by atoms with E-state index in [4.69, 9.17) is 23.2 Å². The Balaban J connectivity index is 1.49. The summed E-state index contributed by atoms with van der Waals surface area (Å²) in [5.74, 6) is 0.962. The SMILES string of the molecule is O=C(CCc1ccc2c(n1)NCCC2)NCc1ccc(Cl)c(Cl)c1. The first-order valence-electron chi connectivity index (χ1n) is 8.05. The predicted molar refractivity (Wildman–Crippen MR) is 97.7 cm³/mol. The normalized spacial score (nSPS) is 13.1. The van der Waals surface area contributed by atoms with Gasteiger partial charge in [-0.3, -0.25) is 4.79 Å². The number of halogens is 2. The fourth-order valence-corrected chi connectivity index (χ4v) is 3.01. The number of pyridine rings is 1. The monoisotopic (exact) mass is 363 g/mol. The van der Waals surface area contributed by atoms with Gasteiger partial charge in [0.1, 0.15) is 5.82 Å². The van der Waals surface area contributed by atoms with Gasteiger partial charge in [0.2, 0.25) is 5.91 Å². The number of anilines is 1. The van der Waals surface area contributed by atoms with Gasteiger partial charge < -0.3 is 10.6 Å². The number of carbonyl (C=O) groups excluding carboxylic acids is 1. The maximum absolute atomic E-state index is 12.0. The van der Waals surface area contributed by atoms with E-state index in [9.17, 15) is 4.79 Å². The minimum absolute atomic E-state index is 0.00597. The number of rotatable bonds is 5. The summed E-state index contributed by atoms with van der Waals surface area (Å²) in [5.41, 5.74) is 3.12. The van der Waals surface area contributed by atoms with Crippen molar-refractivity contribution in [3.8, 4) is 0 Å². The Morgan fingerprint density at radius 3 is 2.92 bits per heavy atom. The lowest BCUT2D eigenvalue weighted by molar-refractivity contribution is -0.121. The van der Waals surface area contributed by atoms with E-state index < -0.39 is 0 Å². The van der Waals surface area contributed by atoms with Gasteiger partial charge in [-0.25, -0.2) is 4.98 Å². The molecule has 1 aromatic carbocycles. The van der Waals surface area contributed by atoms with Crippen LogP contribution in [0, 0.1) is 0 Å². The first kappa shape index (κ1) is 17.1. The van der Waals surface area contributed by atoms with Gasteiger partial charge in [-0.2, -0.15) is 0 Å². The van der Waals surface area contributed by atoms with E-state index in [0.29, 0.717) is 29.4 Å². The molecule has 0 saturated heterocycles. The van der Waals surface area contributed by atoms with Crippen LogP contribution < -0.4 is 10.6 Å². The Bertz CT molecular complexity index is 749. The molecule has 126 valence electrons. The van der Waals surface area contributed by atoms with Crippen LogP contribution in [0.4, 0.5) is 5.82 Å². The highest BCUT2D eigenvalue weighted by Crippen LogP contribution is 2.22. The number of carbonyl (C=O) groups is 1. The predicted octanol–water partition coefficient (Wildman–Crippen LogP) is 4.00. The van der Waals surface area contributed by atoms with Gasteiger partial charge in [0.15, 0.2) is 0 Å². The second-order valence-corrected chi connectivity index (χ2v) is 6.68. The molecule has 0 bridgehead atoms. The molecule has 2 N–H and O–H groups in total. The van der Waals surface area contributed by atoms with Gasteiger partial charge >= 0.3 is 0 Å².